The standard InChI is InChI=1S/C13H6F4O3.C6H4F2O/c14-7-3-1-4-8(15)11(7)19-13(18)20-12-9(16)5-2-6-10(12)17;7-4-2-1-3-5(8)6(4)9/h1-6H;1-3,9H. The summed E-state index contributed by atoms with van der Waals surface area (Å²) in [4.78, 5) is 11.3. The summed E-state index contributed by atoms with van der Waals surface area (Å²) < 4.78 is 85.4. The highest BCUT2D eigenvalue weighted by Gasteiger charge is 2.19. The molecule has 0 spiro atoms. The third-order valence-corrected chi connectivity index (χ3v) is 3.15. The first-order chi connectivity index (χ1) is 13.7. The molecule has 3 aromatic carbocycles. The van der Waals surface area contributed by atoms with Crippen molar-refractivity contribution in [1.82, 2.24) is 0 Å². The molecular formula is C19H10F6O4. The van der Waals surface area contributed by atoms with Crippen molar-refractivity contribution in [3.63, 3.8) is 0 Å². The Morgan fingerprint density at radius 1 is 0.586 bits per heavy atom. The Hall–Kier alpha value is -3.69. The molecule has 0 heterocycles. The minimum atomic E-state index is -1.67. The molecule has 3 aromatic rings. The van der Waals surface area contributed by atoms with Crippen molar-refractivity contribution < 1.29 is 45.7 Å². The van der Waals surface area contributed by atoms with E-state index in [9.17, 15) is 31.1 Å². The van der Waals surface area contributed by atoms with Gasteiger partial charge >= 0.3 is 6.16 Å². The summed E-state index contributed by atoms with van der Waals surface area (Å²) >= 11 is 0. The molecular weight excluding hydrogens is 406 g/mol. The van der Waals surface area contributed by atoms with Crippen molar-refractivity contribution in [3.05, 3.63) is 89.5 Å². The van der Waals surface area contributed by atoms with Gasteiger partial charge in [-0.3, -0.25) is 0 Å². The second-order valence-electron chi connectivity index (χ2n) is 5.13. The van der Waals surface area contributed by atoms with Crippen LogP contribution in [0.5, 0.6) is 17.2 Å². The van der Waals surface area contributed by atoms with Gasteiger partial charge in [-0.05, 0) is 36.4 Å². The van der Waals surface area contributed by atoms with Gasteiger partial charge in [-0.2, -0.15) is 0 Å². The summed E-state index contributed by atoms with van der Waals surface area (Å²) in [5.41, 5.74) is 0. The van der Waals surface area contributed by atoms with Crippen LogP contribution in [-0.2, 0) is 0 Å². The predicted molar refractivity (Wildman–Crippen MR) is 87.4 cm³/mol. The molecule has 0 aliphatic carbocycles. The van der Waals surface area contributed by atoms with Crippen molar-refractivity contribution in [1.29, 1.82) is 0 Å². The first kappa shape index (κ1) is 21.6. The zero-order chi connectivity index (χ0) is 21.6. The van der Waals surface area contributed by atoms with E-state index >= 15 is 0 Å². The maximum Gasteiger partial charge on any atom is 0.519 e. The Morgan fingerprint density at radius 2 is 0.862 bits per heavy atom. The van der Waals surface area contributed by atoms with Gasteiger partial charge in [-0.15, -0.1) is 0 Å². The smallest absolute Gasteiger partial charge is 0.503 e. The molecule has 1 N–H and O–H groups in total. The molecule has 0 amide bonds. The summed E-state index contributed by atoms with van der Waals surface area (Å²) in [5.74, 6) is -9.45. The van der Waals surface area contributed by atoms with Crippen LogP contribution >= 0.6 is 0 Å². The highest BCUT2D eigenvalue weighted by atomic mass is 19.2. The molecule has 0 atom stereocenters. The monoisotopic (exact) mass is 416 g/mol. The quantitative estimate of drug-likeness (QED) is 0.341. The fourth-order valence-corrected chi connectivity index (χ4v) is 1.84. The normalized spacial score (nSPS) is 10.0. The van der Waals surface area contributed by atoms with Crippen LogP contribution in [0.4, 0.5) is 31.1 Å². The maximum atomic E-state index is 13.2. The summed E-state index contributed by atoms with van der Waals surface area (Å²) in [5, 5.41) is 8.46. The lowest BCUT2D eigenvalue weighted by Gasteiger charge is -2.08. The van der Waals surface area contributed by atoms with E-state index in [2.05, 4.69) is 9.47 Å². The molecule has 0 aliphatic heterocycles. The molecule has 0 bridgehead atoms. The Balaban J connectivity index is 0.000000278. The van der Waals surface area contributed by atoms with Gasteiger partial charge in [0, 0.05) is 0 Å². The SMILES string of the molecule is O=C(Oc1c(F)cccc1F)Oc1c(F)cccc1F.Oc1c(F)cccc1F. The van der Waals surface area contributed by atoms with Gasteiger partial charge in [-0.1, -0.05) is 18.2 Å². The van der Waals surface area contributed by atoms with Gasteiger partial charge in [-0.25, -0.2) is 31.1 Å². The van der Waals surface area contributed by atoms with Crippen LogP contribution < -0.4 is 9.47 Å². The topological polar surface area (TPSA) is 55.8 Å². The van der Waals surface area contributed by atoms with Gasteiger partial charge in [0.15, 0.2) is 40.7 Å². The highest BCUT2D eigenvalue weighted by molar-refractivity contribution is 5.67. The molecule has 0 aromatic heterocycles. The van der Waals surface area contributed by atoms with Crippen molar-refractivity contribution >= 4 is 6.16 Å². The van der Waals surface area contributed by atoms with Crippen LogP contribution in [0.25, 0.3) is 0 Å². The number of carbonyl (C=O) groups excluding carboxylic acids is 1. The van der Waals surface area contributed by atoms with Crippen LogP contribution in [0, 0.1) is 34.9 Å². The third-order valence-electron chi connectivity index (χ3n) is 3.15. The van der Waals surface area contributed by atoms with Crippen LogP contribution in [0.3, 0.4) is 0 Å². The zero-order valence-electron chi connectivity index (χ0n) is 14.1. The number of para-hydroxylation sites is 3. The zero-order valence-corrected chi connectivity index (χ0v) is 14.1. The number of phenols is 1. The number of carbonyl (C=O) groups is 1. The lowest BCUT2D eigenvalue weighted by Crippen LogP contribution is -2.16. The fraction of sp³-hybridized carbons (Fsp3) is 0. The lowest BCUT2D eigenvalue weighted by atomic mass is 10.3. The number of benzene rings is 3. The number of ether oxygens (including phenoxy) is 2. The Bertz CT molecular complexity index is 909. The largest absolute Gasteiger partial charge is 0.519 e. The van der Waals surface area contributed by atoms with Crippen molar-refractivity contribution in [2.75, 3.05) is 0 Å². The number of hydrogen-bond acceptors (Lipinski definition) is 4. The van der Waals surface area contributed by atoms with Gasteiger partial charge < -0.3 is 14.6 Å². The van der Waals surface area contributed by atoms with Crippen LogP contribution in [0.1, 0.15) is 0 Å². The molecule has 0 unspecified atom stereocenters. The first-order valence-corrected chi connectivity index (χ1v) is 7.61. The number of halogens is 6. The van der Waals surface area contributed by atoms with E-state index in [1.54, 1.807) is 0 Å². The van der Waals surface area contributed by atoms with E-state index in [0.717, 1.165) is 48.5 Å². The average molecular weight is 416 g/mol. The molecule has 0 saturated carbocycles. The van der Waals surface area contributed by atoms with Gasteiger partial charge in [0.25, 0.3) is 0 Å². The van der Waals surface area contributed by atoms with E-state index in [-0.39, 0.29) is 0 Å². The molecule has 3 rings (SSSR count). The molecule has 29 heavy (non-hydrogen) atoms. The van der Waals surface area contributed by atoms with Crippen molar-refractivity contribution in [2.24, 2.45) is 0 Å². The number of rotatable bonds is 2. The Morgan fingerprint density at radius 3 is 1.14 bits per heavy atom. The van der Waals surface area contributed by atoms with E-state index < -0.39 is 58.3 Å². The van der Waals surface area contributed by atoms with E-state index in [1.807, 2.05) is 0 Å². The summed E-state index contributed by atoms with van der Waals surface area (Å²) in [7, 11) is 0. The van der Waals surface area contributed by atoms with Gasteiger partial charge in [0.1, 0.15) is 0 Å². The van der Waals surface area contributed by atoms with Gasteiger partial charge in [0.2, 0.25) is 11.5 Å². The Labute approximate surface area is 159 Å². The summed E-state index contributed by atoms with van der Waals surface area (Å²) in [6.45, 7) is 0. The molecule has 0 aliphatic rings. The van der Waals surface area contributed by atoms with Crippen LogP contribution in [0.15, 0.2) is 54.6 Å². The fourth-order valence-electron chi connectivity index (χ4n) is 1.84. The highest BCUT2D eigenvalue weighted by Crippen LogP contribution is 2.24. The second kappa shape index (κ2) is 9.49. The van der Waals surface area contributed by atoms with Crippen LogP contribution in [-0.4, -0.2) is 11.3 Å². The third kappa shape index (κ3) is 5.64. The van der Waals surface area contributed by atoms with Crippen molar-refractivity contribution in [2.45, 2.75) is 0 Å². The minimum absolute atomic E-state index is 0.843. The number of phenolic OH excluding ortho intramolecular Hbond substituents is 1. The van der Waals surface area contributed by atoms with E-state index in [0.29, 0.717) is 0 Å². The number of aromatic hydroxyl groups is 1. The second-order valence-corrected chi connectivity index (χ2v) is 5.13. The molecule has 4 nitrogen and oxygen atoms in total. The molecule has 10 heteroatoms. The summed E-state index contributed by atoms with van der Waals surface area (Å²) in [6, 6.07) is 8.63. The predicted octanol–water partition coefficient (Wildman–Crippen LogP) is 5.49. The average Bonchev–Trinajstić information content (AvgIpc) is 2.66. The molecule has 0 saturated heterocycles. The van der Waals surface area contributed by atoms with Crippen LogP contribution in [0.2, 0.25) is 0 Å². The summed E-state index contributed by atoms with van der Waals surface area (Å²) in [6.07, 6.45) is -1.67. The number of hydrogen-bond donors (Lipinski definition) is 1. The van der Waals surface area contributed by atoms with Gasteiger partial charge in [0.05, 0.1) is 0 Å². The van der Waals surface area contributed by atoms with Crippen molar-refractivity contribution in [3.8, 4) is 17.2 Å². The lowest BCUT2D eigenvalue weighted by molar-refractivity contribution is 0.143. The molecule has 0 fully saturated rings. The molecule has 0 radical (unpaired) electrons. The minimum Gasteiger partial charge on any atom is -0.503 e. The first-order valence-electron chi connectivity index (χ1n) is 7.61. The van der Waals surface area contributed by atoms with E-state index in [4.69, 9.17) is 5.11 Å². The maximum absolute atomic E-state index is 13.2. The Kier molecular flexibility index (Phi) is 7.07. The molecule has 152 valence electrons. The van der Waals surface area contributed by atoms with E-state index in [1.165, 1.54) is 6.07 Å².